The molecular formula is C18H15ClN6O2. The number of benzene rings is 2. The van der Waals surface area contributed by atoms with Crippen molar-refractivity contribution in [3.63, 3.8) is 0 Å². The molecule has 0 amide bonds. The van der Waals surface area contributed by atoms with Crippen LogP contribution in [0.3, 0.4) is 0 Å². The number of azo groups is 1. The third kappa shape index (κ3) is 5.23. The summed E-state index contributed by atoms with van der Waals surface area (Å²) < 4.78 is 5.16. The van der Waals surface area contributed by atoms with E-state index in [-0.39, 0.29) is 11.5 Å². The van der Waals surface area contributed by atoms with Crippen LogP contribution >= 0.6 is 11.6 Å². The predicted molar refractivity (Wildman–Crippen MR) is 104 cm³/mol. The van der Waals surface area contributed by atoms with Crippen LogP contribution in [0.5, 0.6) is 5.75 Å². The summed E-state index contributed by atoms with van der Waals surface area (Å²) in [5, 5.41) is 13.0. The SMILES string of the molecule is COc1ccc(/C(N=Nc2nccc(=O)[nH]2)=N\Nc2ccc(Cl)cc2)cc1. The molecule has 0 spiro atoms. The maximum absolute atomic E-state index is 11.3. The number of amidine groups is 1. The van der Waals surface area contributed by atoms with Crippen LogP contribution in [0.1, 0.15) is 5.56 Å². The predicted octanol–water partition coefficient (Wildman–Crippen LogP) is 3.99. The number of hydrogen-bond donors (Lipinski definition) is 2. The van der Waals surface area contributed by atoms with Crippen LogP contribution in [0.15, 0.2) is 80.9 Å². The van der Waals surface area contributed by atoms with Crippen LogP contribution in [0.4, 0.5) is 11.6 Å². The molecular weight excluding hydrogens is 368 g/mol. The highest BCUT2D eigenvalue weighted by Gasteiger charge is 2.05. The topological polar surface area (TPSA) is 104 Å². The zero-order valence-corrected chi connectivity index (χ0v) is 15.0. The van der Waals surface area contributed by atoms with Gasteiger partial charge in [0.1, 0.15) is 5.75 Å². The summed E-state index contributed by atoms with van der Waals surface area (Å²) in [4.78, 5) is 17.8. The van der Waals surface area contributed by atoms with Gasteiger partial charge in [0.15, 0.2) is 0 Å². The van der Waals surface area contributed by atoms with E-state index >= 15 is 0 Å². The molecule has 1 aromatic heterocycles. The number of nitrogens with zero attached hydrogens (tertiary/aromatic N) is 4. The number of rotatable bonds is 5. The molecule has 2 aromatic carbocycles. The Kier molecular flexibility index (Phi) is 5.91. The van der Waals surface area contributed by atoms with Crippen molar-refractivity contribution in [2.75, 3.05) is 12.5 Å². The molecule has 1 heterocycles. The van der Waals surface area contributed by atoms with Crippen molar-refractivity contribution in [2.45, 2.75) is 0 Å². The van der Waals surface area contributed by atoms with Crippen LogP contribution in [-0.4, -0.2) is 22.9 Å². The normalized spacial score (nSPS) is 11.6. The minimum atomic E-state index is -0.318. The number of halogens is 1. The fourth-order valence-corrected chi connectivity index (χ4v) is 2.16. The second-order valence-corrected chi connectivity index (χ2v) is 5.68. The zero-order chi connectivity index (χ0) is 19.1. The molecule has 27 heavy (non-hydrogen) atoms. The standard InChI is InChI=1S/C18H15ClN6O2/c1-27-15-8-2-12(3-9-15)17(23-22-14-6-4-13(19)5-7-14)24-25-18-20-11-10-16(26)21-18/h2-11,22H,1H3,(H,20,21,26)/b23-17+,25-24?. The largest absolute Gasteiger partial charge is 0.497 e. The van der Waals surface area contributed by atoms with Gasteiger partial charge in [0.25, 0.3) is 5.56 Å². The number of H-pyrrole nitrogens is 1. The highest BCUT2D eigenvalue weighted by molar-refractivity contribution is 6.30. The number of anilines is 1. The molecule has 2 N–H and O–H groups in total. The summed E-state index contributed by atoms with van der Waals surface area (Å²) in [6.45, 7) is 0. The lowest BCUT2D eigenvalue weighted by Crippen LogP contribution is -2.04. The minimum absolute atomic E-state index is 0.0789. The molecule has 0 saturated carbocycles. The Bertz CT molecular complexity index is 1010. The number of hydrogen-bond acceptors (Lipinski definition) is 6. The van der Waals surface area contributed by atoms with E-state index in [0.29, 0.717) is 22.2 Å². The number of aromatic nitrogens is 2. The highest BCUT2D eigenvalue weighted by Crippen LogP contribution is 2.16. The molecule has 0 atom stereocenters. The summed E-state index contributed by atoms with van der Waals surface area (Å²) >= 11 is 5.88. The molecule has 0 bridgehead atoms. The first-order valence-electron chi connectivity index (χ1n) is 7.85. The van der Waals surface area contributed by atoms with Gasteiger partial charge in [-0.05, 0) is 48.5 Å². The molecule has 9 heteroatoms. The van der Waals surface area contributed by atoms with Gasteiger partial charge in [0, 0.05) is 22.8 Å². The van der Waals surface area contributed by atoms with E-state index in [1.165, 1.54) is 12.3 Å². The number of nitrogens with one attached hydrogen (secondary N) is 2. The molecule has 0 saturated heterocycles. The van der Waals surface area contributed by atoms with Crippen LogP contribution in [0.25, 0.3) is 0 Å². The second-order valence-electron chi connectivity index (χ2n) is 5.24. The lowest BCUT2D eigenvalue weighted by Gasteiger charge is -2.05. The van der Waals surface area contributed by atoms with Crippen molar-refractivity contribution in [3.05, 3.63) is 81.7 Å². The molecule has 8 nitrogen and oxygen atoms in total. The molecule has 0 fully saturated rings. The Morgan fingerprint density at radius 2 is 1.85 bits per heavy atom. The van der Waals surface area contributed by atoms with E-state index in [0.717, 1.165) is 5.69 Å². The highest BCUT2D eigenvalue weighted by atomic mass is 35.5. The fourth-order valence-electron chi connectivity index (χ4n) is 2.03. The third-order valence-electron chi connectivity index (χ3n) is 3.38. The number of aromatic amines is 1. The monoisotopic (exact) mass is 382 g/mol. The van der Waals surface area contributed by atoms with Gasteiger partial charge in [-0.1, -0.05) is 11.6 Å². The quantitative estimate of drug-likeness (QED) is 0.301. The zero-order valence-electron chi connectivity index (χ0n) is 14.3. The average molecular weight is 383 g/mol. The number of ether oxygens (including phenoxy) is 1. The van der Waals surface area contributed by atoms with Crippen molar-refractivity contribution in [2.24, 2.45) is 15.3 Å². The smallest absolute Gasteiger partial charge is 0.252 e. The van der Waals surface area contributed by atoms with Crippen molar-refractivity contribution >= 4 is 29.1 Å². The maximum Gasteiger partial charge on any atom is 0.252 e. The molecule has 0 unspecified atom stereocenters. The molecule has 136 valence electrons. The summed E-state index contributed by atoms with van der Waals surface area (Å²) in [6, 6.07) is 15.5. The van der Waals surface area contributed by atoms with Crippen LogP contribution < -0.4 is 15.7 Å². The van der Waals surface area contributed by atoms with Crippen LogP contribution in [-0.2, 0) is 0 Å². The molecule has 0 radical (unpaired) electrons. The molecule has 3 rings (SSSR count). The van der Waals surface area contributed by atoms with E-state index < -0.39 is 0 Å². The van der Waals surface area contributed by atoms with Gasteiger partial charge in [0.2, 0.25) is 11.8 Å². The van der Waals surface area contributed by atoms with Gasteiger partial charge >= 0.3 is 0 Å². The second kappa shape index (κ2) is 8.72. The van der Waals surface area contributed by atoms with Gasteiger partial charge in [-0.25, -0.2) is 4.98 Å². The Hall–Kier alpha value is -3.52. The lowest BCUT2D eigenvalue weighted by molar-refractivity contribution is 0.415. The van der Waals surface area contributed by atoms with E-state index in [9.17, 15) is 4.79 Å². The van der Waals surface area contributed by atoms with Crippen LogP contribution in [0.2, 0.25) is 5.02 Å². The minimum Gasteiger partial charge on any atom is -0.497 e. The van der Waals surface area contributed by atoms with E-state index in [2.05, 4.69) is 30.7 Å². The summed E-state index contributed by atoms with van der Waals surface area (Å²) in [7, 11) is 1.59. The Morgan fingerprint density at radius 3 is 2.52 bits per heavy atom. The van der Waals surface area contributed by atoms with E-state index in [1.54, 1.807) is 55.6 Å². The van der Waals surface area contributed by atoms with E-state index in [1.807, 2.05) is 0 Å². The molecule has 0 aliphatic carbocycles. The van der Waals surface area contributed by atoms with Crippen molar-refractivity contribution in [3.8, 4) is 5.75 Å². The Balaban J connectivity index is 1.90. The molecule has 0 aliphatic rings. The van der Waals surface area contributed by atoms with E-state index in [4.69, 9.17) is 16.3 Å². The average Bonchev–Trinajstić information content (AvgIpc) is 2.69. The van der Waals surface area contributed by atoms with Gasteiger partial charge in [-0.2, -0.15) is 5.10 Å². The summed E-state index contributed by atoms with van der Waals surface area (Å²) in [6.07, 6.45) is 1.35. The fraction of sp³-hybridized carbons (Fsp3) is 0.0556. The number of methoxy groups -OCH3 is 1. The molecule has 3 aromatic rings. The summed E-state index contributed by atoms with van der Waals surface area (Å²) in [5.74, 6) is 1.07. The third-order valence-corrected chi connectivity index (χ3v) is 3.63. The first kappa shape index (κ1) is 18.3. The molecule has 0 aliphatic heterocycles. The first-order chi connectivity index (χ1) is 13.1. The number of hydrazone groups is 1. The van der Waals surface area contributed by atoms with Gasteiger partial charge in [-0.15, -0.1) is 10.2 Å². The maximum atomic E-state index is 11.3. The van der Waals surface area contributed by atoms with Crippen molar-refractivity contribution in [1.82, 2.24) is 9.97 Å². The van der Waals surface area contributed by atoms with Crippen molar-refractivity contribution < 1.29 is 4.74 Å². The Labute approximate surface area is 159 Å². The lowest BCUT2D eigenvalue weighted by atomic mass is 10.2. The summed E-state index contributed by atoms with van der Waals surface area (Å²) in [5.41, 5.74) is 4.00. The first-order valence-corrected chi connectivity index (χ1v) is 8.22. The van der Waals surface area contributed by atoms with Crippen molar-refractivity contribution in [1.29, 1.82) is 0 Å². The van der Waals surface area contributed by atoms with Gasteiger partial charge in [-0.3, -0.25) is 15.2 Å². The van der Waals surface area contributed by atoms with Crippen LogP contribution in [0, 0.1) is 0 Å². The van der Waals surface area contributed by atoms with Gasteiger partial charge < -0.3 is 4.74 Å². The van der Waals surface area contributed by atoms with Gasteiger partial charge in [0.05, 0.1) is 12.8 Å². The Morgan fingerprint density at radius 1 is 1.11 bits per heavy atom.